The molecule has 0 aromatic heterocycles. The van der Waals surface area contributed by atoms with E-state index in [-0.39, 0.29) is 6.17 Å². The first kappa shape index (κ1) is 10.9. The van der Waals surface area contributed by atoms with Crippen molar-refractivity contribution in [2.24, 2.45) is 5.73 Å². The number of hydrogen-bond donors (Lipinski definition) is 1. The summed E-state index contributed by atoms with van der Waals surface area (Å²) in [6.07, 6.45) is 1.24. The maximum atomic E-state index is 5.94. The third-order valence-corrected chi connectivity index (χ3v) is 1.99. The van der Waals surface area contributed by atoms with Crippen molar-refractivity contribution in [3.8, 4) is 0 Å². The number of nitrogens with two attached hydrogens (primary N) is 1. The molecule has 0 aliphatic carbocycles. The molecule has 0 amide bonds. The lowest BCUT2D eigenvalue weighted by atomic mass is 10.2. The number of hydrogen-bond acceptors (Lipinski definition) is 2. The molecular formula is C9H22N2. The number of nitrogens with zero attached hydrogens (tertiary/aromatic N) is 1. The van der Waals surface area contributed by atoms with Gasteiger partial charge >= 0.3 is 0 Å². The first-order valence-corrected chi connectivity index (χ1v) is 4.53. The summed E-state index contributed by atoms with van der Waals surface area (Å²) >= 11 is 0. The minimum atomic E-state index is 0.218. The Hall–Kier alpha value is -0.0800. The van der Waals surface area contributed by atoms with Crippen LogP contribution < -0.4 is 5.73 Å². The first-order chi connectivity index (χ1) is 5.00. The van der Waals surface area contributed by atoms with E-state index in [0.29, 0.717) is 12.1 Å². The van der Waals surface area contributed by atoms with Gasteiger partial charge in [0.25, 0.3) is 0 Å². The third-order valence-electron chi connectivity index (χ3n) is 1.99. The van der Waals surface area contributed by atoms with Crippen molar-refractivity contribution >= 4 is 0 Å². The largest absolute Gasteiger partial charge is 0.316 e. The summed E-state index contributed by atoms with van der Waals surface area (Å²) in [4.78, 5) is 2.33. The summed E-state index contributed by atoms with van der Waals surface area (Å²) in [7, 11) is 0. The summed E-state index contributed by atoms with van der Waals surface area (Å²) in [5, 5.41) is 0. The van der Waals surface area contributed by atoms with Crippen LogP contribution in [0.3, 0.4) is 0 Å². The van der Waals surface area contributed by atoms with E-state index in [1.54, 1.807) is 0 Å². The fourth-order valence-electron chi connectivity index (χ4n) is 1.57. The highest BCUT2D eigenvalue weighted by Gasteiger charge is 2.18. The zero-order valence-corrected chi connectivity index (χ0v) is 8.46. The zero-order chi connectivity index (χ0) is 9.02. The molecule has 0 aliphatic heterocycles. The van der Waals surface area contributed by atoms with Crippen LogP contribution in [0, 0.1) is 0 Å². The van der Waals surface area contributed by atoms with Crippen LogP contribution in [0.1, 0.15) is 41.0 Å². The van der Waals surface area contributed by atoms with E-state index in [1.165, 1.54) is 0 Å². The molecule has 0 heterocycles. The van der Waals surface area contributed by atoms with Gasteiger partial charge in [0.05, 0.1) is 6.17 Å². The van der Waals surface area contributed by atoms with Gasteiger partial charge in [-0.15, -0.1) is 0 Å². The van der Waals surface area contributed by atoms with Crippen LogP contribution in [0.2, 0.25) is 0 Å². The fraction of sp³-hybridized carbons (Fsp3) is 1.00. The average molecular weight is 158 g/mol. The predicted octanol–water partition coefficient (Wildman–Crippen LogP) is 1.80. The average Bonchev–Trinajstić information content (AvgIpc) is 1.85. The Balaban J connectivity index is 4.09. The van der Waals surface area contributed by atoms with Crippen molar-refractivity contribution in [2.45, 2.75) is 59.3 Å². The van der Waals surface area contributed by atoms with Crippen molar-refractivity contribution < 1.29 is 0 Å². The van der Waals surface area contributed by atoms with Gasteiger partial charge in [-0.25, -0.2) is 0 Å². The minimum absolute atomic E-state index is 0.218. The van der Waals surface area contributed by atoms with Gasteiger partial charge in [-0.2, -0.15) is 0 Å². The molecule has 11 heavy (non-hydrogen) atoms. The monoisotopic (exact) mass is 158 g/mol. The quantitative estimate of drug-likeness (QED) is 0.632. The maximum absolute atomic E-state index is 5.94. The topological polar surface area (TPSA) is 29.3 Å². The molecule has 0 saturated heterocycles. The fourth-order valence-corrected chi connectivity index (χ4v) is 1.57. The van der Waals surface area contributed by atoms with Crippen molar-refractivity contribution in [3.63, 3.8) is 0 Å². The van der Waals surface area contributed by atoms with Gasteiger partial charge in [-0.05, 0) is 34.1 Å². The smallest absolute Gasteiger partial charge is 0.0573 e. The van der Waals surface area contributed by atoms with E-state index in [4.69, 9.17) is 5.73 Å². The lowest BCUT2D eigenvalue weighted by molar-refractivity contribution is 0.112. The maximum Gasteiger partial charge on any atom is 0.0573 e. The molecule has 0 bridgehead atoms. The van der Waals surface area contributed by atoms with E-state index in [9.17, 15) is 0 Å². The number of rotatable bonds is 4. The van der Waals surface area contributed by atoms with Crippen molar-refractivity contribution in [2.75, 3.05) is 0 Å². The summed E-state index contributed by atoms with van der Waals surface area (Å²) in [6.45, 7) is 10.9. The summed E-state index contributed by atoms with van der Waals surface area (Å²) in [5.41, 5.74) is 5.94. The van der Waals surface area contributed by atoms with Gasteiger partial charge in [0.2, 0.25) is 0 Å². The highest BCUT2D eigenvalue weighted by Crippen LogP contribution is 2.08. The van der Waals surface area contributed by atoms with Gasteiger partial charge in [0.15, 0.2) is 0 Å². The molecule has 0 saturated carbocycles. The molecule has 1 atom stereocenters. The van der Waals surface area contributed by atoms with Gasteiger partial charge in [-0.3, -0.25) is 4.90 Å². The van der Waals surface area contributed by atoms with Crippen LogP contribution in [0.25, 0.3) is 0 Å². The molecule has 2 N–H and O–H groups in total. The molecule has 2 nitrogen and oxygen atoms in total. The van der Waals surface area contributed by atoms with Crippen LogP contribution in [-0.2, 0) is 0 Å². The summed E-state index contributed by atoms with van der Waals surface area (Å²) in [5.74, 6) is 0. The second-order valence-electron chi connectivity index (χ2n) is 3.61. The second kappa shape index (κ2) is 4.73. The van der Waals surface area contributed by atoms with Crippen molar-refractivity contribution in [1.82, 2.24) is 4.90 Å². The lowest BCUT2D eigenvalue weighted by Crippen LogP contribution is -2.49. The second-order valence-corrected chi connectivity index (χ2v) is 3.61. The molecule has 0 aromatic carbocycles. The molecular weight excluding hydrogens is 136 g/mol. The molecule has 0 radical (unpaired) electrons. The standard InChI is InChI=1S/C9H22N2/c1-6-9(10)11(7(2)3)8(4)5/h7-9H,6,10H2,1-5H3. The summed E-state index contributed by atoms with van der Waals surface area (Å²) < 4.78 is 0. The van der Waals surface area contributed by atoms with Crippen molar-refractivity contribution in [3.05, 3.63) is 0 Å². The molecule has 0 rings (SSSR count). The van der Waals surface area contributed by atoms with Gasteiger partial charge in [-0.1, -0.05) is 6.92 Å². The first-order valence-electron chi connectivity index (χ1n) is 4.53. The molecule has 0 aliphatic rings. The molecule has 2 heteroatoms. The molecule has 68 valence electrons. The Morgan fingerprint density at radius 1 is 1.09 bits per heavy atom. The molecule has 0 fully saturated rings. The SMILES string of the molecule is CCC(N)N(C(C)C)C(C)C. The Labute approximate surface area is 70.8 Å². The van der Waals surface area contributed by atoms with E-state index >= 15 is 0 Å². The Kier molecular flexibility index (Phi) is 4.69. The van der Waals surface area contributed by atoms with E-state index < -0.39 is 0 Å². The zero-order valence-electron chi connectivity index (χ0n) is 8.46. The Bertz CT molecular complexity index is 91.7. The predicted molar refractivity (Wildman–Crippen MR) is 50.4 cm³/mol. The minimum Gasteiger partial charge on any atom is -0.316 e. The Morgan fingerprint density at radius 2 is 1.45 bits per heavy atom. The molecule has 1 unspecified atom stereocenters. The Morgan fingerprint density at radius 3 is 1.55 bits per heavy atom. The van der Waals surface area contributed by atoms with Crippen LogP contribution in [0.15, 0.2) is 0 Å². The van der Waals surface area contributed by atoms with Gasteiger partial charge < -0.3 is 5.73 Å². The van der Waals surface area contributed by atoms with Crippen molar-refractivity contribution in [1.29, 1.82) is 0 Å². The van der Waals surface area contributed by atoms with Crippen LogP contribution >= 0.6 is 0 Å². The van der Waals surface area contributed by atoms with Gasteiger partial charge in [0, 0.05) is 12.1 Å². The normalized spacial score (nSPS) is 15.0. The van der Waals surface area contributed by atoms with Crippen LogP contribution in [-0.4, -0.2) is 23.1 Å². The van der Waals surface area contributed by atoms with Gasteiger partial charge in [0.1, 0.15) is 0 Å². The highest BCUT2D eigenvalue weighted by atomic mass is 15.3. The summed E-state index contributed by atoms with van der Waals surface area (Å²) in [6, 6.07) is 1.09. The molecule has 0 spiro atoms. The third kappa shape index (κ3) is 3.21. The van der Waals surface area contributed by atoms with E-state index in [1.807, 2.05) is 0 Å². The van der Waals surface area contributed by atoms with E-state index in [0.717, 1.165) is 6.42 Å². The highest BCUT2D eigenvalue weighted by molar-refractivity contribution is 4.71. The van der Waals surface area contributed by atoms with E-state index in [2.05, 4.69) is 39.5 Å². The lowest BCUT2D eigenvalue weighted by Gasteiger charge is -2.35. The van der Waals surface area contributed by atoms with Crippen LogP contribution in [0.5, 0.6) is 0 Å². The molecule has 0 aromatic rings. The van der Waals surface area contributed by atoms with Crippen LogP contribution in [0.4, 0.5) is 0 Å².